The van der Waals surface area contributed by atoms with Crippen molar-refractivity contribution in [2.45, 2.75) is 11.3 Å². The van der Waals surface area contributed by atoms with Crippen molar-refractivity contribution in [3.8, 4) is 0 Å². The maximum Gasteiger partial charge on any atom is 0.243 e. The highest BCUT2D eigenvalue weighted by molar-refractivity contribution is 7.89. The maximum absolute atomic E-state index is 13.5. The number of halogens is 2. The Morgan fingerprint density at radius 1 is 1.19 bits per heavy atom. The third-order valence-corrected chi connectivity index (χ3v) is 4.01. The first-order valence-corrected chi connectivity index (χ1v) is 7.67. The number of benzene rings is 1. The monoisotopic (exact) mass is 324 g/mol. The van der Waals surface area contributed by atoms with E-state index in [1.165, 1.54) is 0 Å². The lowest BCUT2D eigenvalue weighted by molar-refractivity contribution is 0.0699. The number of ether oxygens (including phenoxy) is 2. The zero-order valence-electron chi connectivity index (χ0n) is 11.6. The summed E-state index contributed by atoms with van der Waals surface area (Å²) in [5, 5.41) is 0. The van der Waals surface area contributed by atoms with Crippen molar-refractivity contribution in [1.29, 1.82) is 0 Å². The lowest BCUT2D eigenvalue weighted by Crippen LogP contribution is -2.26. The number of hydrogen-bond donors (Lipinski definition) is 2. The van der Waals surface area contributed by atoms with Crippen molar-refractivity contribution < 1.29 is 26.7 Å². The molecular weight excluding hydrogens is 306 g/mol. The molecule has 0 fully saturated rings. The summed E-state index contributed by atoms with van der Waals surface area (Å²) in [5.74, 6) is -2.19. The lowest BCUT2D eigenvalue weighted by Gasteiger charge is -2.09. The molecule has 120 valence electrons. The summed E-state index contributed by atoms with van der Waals surface area (Å²) in [6.45, 7) is 1.25. The average Bonchev–Trinajstić information content (AvgIpc) is 2.41. The van der Waals surface area contributed by atoms with Gasteiger partial charge in [0.25, 0.3) is 0 Å². The van der Waals surface area contributed by atoms with E-state index in [4.69, 9.17) is 15.2 Å². The van der Waals surface area contributed by atoms with Crippen molar-refractivity contribution in [3.05, 3.63) is 23.8 Å². The molecule has 3 N–H and O–H groups in total. The Bertz CT molecular complexity index is 567. The fraction of sp³-hybridized carbons (Fsp3) is 0.500. The number of nitrogens with two attached hydrogens (primary N) is 1. The number of nitrogens with one attached hydrogen (secondary N) is 1. The van der Waals surface area contributed by atoms with E-state index in [-0.39, 0.29) is 6.54 Å². The summed E-state index contributed by atoms with van der Waals surface area (Å²) >= 11 is 0. The van der Waals surface area contributed by atoms with Crippen molar-refractivity contribution >= 4 is 15.7 Å². The highest BCUT2D eigenvalue weighted by atomic mass is 32.2. The van der Waals surface area contributed by atoms with Crippen LogP contribution in [0.1, 0.15) is 6.42 Å². The van der Waals surface area contributed by atoms with Gasteiger partial charge in [-0.1, -0.05) is 0 Å². The van der Waals surface area contributed by atoms with Crippen LogP contribution in [0, 0.1) is 11.6 Å². The first-order chi connectivity index (χ1) is 9.88. The van der Waals surface area contributed by atoms with Gasteiger partial charge in [0.15, 0.2) is 0 Å². The Hall–Kier alpha value is -1.29. The van der Waals surface area contributed by atoms with Crippen LogP contribution in [0.5, 0.6) is 0 Å². The summed E-state index contributed by atoms with van der Waals surface area (Å²) in [7, 11) is -2.54. The van der Waals surface area contributed by atoms with Crippen LogP contribution in [-0.2, 0) is 19.5 Å². The Morgan fingerprint density at radius 3 is 2.57 bits per heavy atom. The van der Waals surface area contributed by atoms with Crippen LogP contribution < -0.4 is 10.5 Å². The molecule has 0 heterocycles. The van der Waals surface area contributed by atoms with Crippen LogP contribution >= 0.6 is 0 Å². The second-order valence-corrected chi connectivity index (χ2v) is 5.90. The van der Waals surface area contributed by atoms with Gasteiger partial charge in [0.1, 0.15) is 16.5 Å². The van der Waals surface area contributed by atoms with E-state index in [1.807, 2.05) is 0 Å². The molecule has 0 saturated heterocycles. The molecule has 0 aliphatic heterocycles. The van der Waals surface area contributed by atoms with Crippen LogP contribution in [0.25, 0.3) is 0 Å². The molecule has 0 saturated carbocycles. The van der Waals surface area contributed by atoms with Crippen molar-refractivity contribution in [2.24, 2.45) is 0 Å². The van der Waals surface area contributed by atoms with E-state index in [2.05, 4.69) is 4.72 Å². The van der Waals surface area contributed by atoms with Crippen LogP contribution in [-0.4, -0.2) is 41.9 Å². The Kier molecular flexibility index (Phi) is 6.96. The first kappa shape index (κ1) is 17.8. The third-order valence-electron chi connectivity index (χ3n) is 2.53. The molecule has 0 aliphatic carbocycles. The summed E-state index contributed by atoms with van der Waals surface area (Å²) < 4.78 is 62.3. The predicted octanol–water partition coefficient (Wildman–Crippen LogP) is 0.878. The molecule has 0 radical (unpaired) electrons. The number of nitrogen functional groups attached to an aromatic ring is 1. The highest BCUT2D eigenvalue weighted by Gasteiger charge is 2.20. The van der Waals surface area contributed by atoms with E-state index >= 15 is 0 Å². The van der Waals surface area contributed by atoms with Gasteiger partial charge in [-0.3, -0.25) is 0 Å². The molecule has 0 amide bonds. The van der Waals surface area contributed by atoms with Crippen molar-refractivity contribution in [2.75, 3.05) is 39.2 Å². The molecule has 6 nitrogen and oxygen atoms in total. The summed E-state index contributed by atoms with van der Waals surface area (Å²) in [6, 6.07) is 1.19. The maximum atomic E-state index is 13.5. The molecule has 21 heavy (non-hydrogen) atoms. The van der Waals surface area contributed by atoms with E-state index in [0.29, 0.717) is 32.3 Å². The zero-order chi connectivity index (χ0) is 15.9. The summed E-state index contributed by atoms with van der Waals surface area (Å²) in [6.07, 6.45) is 0.404. The molecule has 0 aromatic heterocycles. The number of sulfonamides is 1. The molecule has 0 aliphatic rings. The largest absolute Gasteiger partial charge is 0.396 e. The van der Waals surface area contributed by atoms with Crippen LogP contribution in [0.3, 0.4) is 0 Å². The van der Waals surface area contributed by atoms with Crippen LogP contribution in [0.15, 0.2) is 17.0 Å². The summed E-state index contributed by atoms with van der Waals surface area (Å²) in [4.78, 5) is -0.679. The normalized spacial score (nSPS) is 11.8. The van der Waals surface area contributed by atoms with Crippen LogP contribution in [0.2, 0.25) is 0 Å². The minimum atomic E-state index is -4.08. The quantitative estimate of drug-likeness (QED) is 0.520. The molecule has 1 aromatic carbocycles. The number of hydrogen-bond acceptors (Lipinski definition) is 5. The zero-order valence-corrected chi connectivity index (χ0v) is 12.4. The summed E-state index contributed by atoms with van der Waals surface area (Å²) in [5.41, 5.74) is 4.81. The molecule has 0 bridgehead atoms. The van der Waals surface area contributed by atoms with Gasteiger partial charge in [-0.15, -0.1) is 0 Å². The fourth-order valence-electron chi connectivity index (χ4n) is 1.45. The lowest BCUT2D eigenvalue weighted by atomic mass is 10.3. The minimum Gasteiger partial charge on any atom is -0.396 e. The van der Waals surface area contributed by atoms with Gasteiger partial charge in [0.2, 0.25) is 10.0 Å². The van der Waals surface area contributed by atoms with E-state index in [9.17, 15) is 17.2 Å². The average molecular weight is 324 g/mol. The second kappa shape index (κ2) is 8.23. The SMILES string of the molecule is COCCOCCCNS(=O)(=O)c1cc(N)c(F)cc1F. The van der Waals surface area contributed by atoms with Crippen LogP contribution in [0.4, 0.5) is 14.5 Å². The number of methoxy groups -OCH3 is 1. The second-order valence-electron chi connectivity index (χ2n) is 4.16. The van der Waals surface area contributed by atoms with E-state index < -0.39 is 32.2 Å². The standard InChI is InChI=1S/C12H18F2N2O4S/c1-19-5-6-20-4-2-3-16-21(17,18)12-8-11(15)9(13)7-10(12)14/h7-8,16H,2-6,15H2,1H3. The highest BCUT2D eigenvalue weighted by Crippen LogP contribution is 2.20. The topological polar surface area (TPSA) is 90.6 Å². The number of rotatable bonds is 9. The molecule has 9 heteroatoms. The van der Waals surface area contributed by atoms with Crippen molar-refractivity contribution in [1.82, 2.24) is 4.72 Å². The molecule has 0 unspecified atom stereocenters. The molecular formula is C12H18F2N2O4S. The van der Waals surface area contributed by atoms with Gasteiger partial charge < -0.3 is 15.2 Å². The van der Waals surface area contributed by atoms with Gasteiger partial charge in [-0.05, 0) is 12.5 Å². The third kappa shape index (κ3) is 5.54. The molecule has 1 aromatic rings. The first-order valence-electron chi connectivity index (χ1n) is 6.19. The molecule has 0 atom stereocenters. The number of anilines is 1. The van der Waals surface area contributed by atoms with Gasteiger partial charge in [-0.2, -0.15) is 0 Å². The van der Waals surface area contributed by atoms with Gasteiger partial charge >= 0.3 is 0 Å². The minimum absolute atomic E-state index is 0.0615. The van der Waals surface area contributed by atoms with Gasteiger partial charge in [0, 0.05) is 26.3 Å². The Balaban J connectivity index is 2.53. The van der Waals surface area contributed by atoms with Gasteiger partial charge in [0.05, 0.1) is 18.9 Å². The molecule has 1 rings (SSSR count). The van der Waals surface area contributed by atoms with Crippen molar-refractivity contribution in [3.63, 3.8) is 0 Å². The predicted molar refractivity (Wildman–Crippen MR) is 73.3 cm³/mol. The van der Waals surface area contributed by atoms with Gasteiger partial charge in [-0.25, -0.2) is 21.9 Å². The molecule has 0 spiro atoms. The fourth-order valence-corrected chi connectivity index (χ4v) is 2.62. The Labute approximate surface area is 122 Å². The Morgan fingerprint density at radius 2 is 1.90 bits per heavy atom. The van der Waals surface area contributed by atoms with E-state index in [1.54, 1.807) is 7.11 Å². The smallest absolute Gasteiger partial charge is 0.243 e. The van der Waals surface area contributed by atoms with E-state index in [0.717, 1.165) is 6.07 Å².